The molecule has 18 heavy (non-hydrogen) atoms. The summed E-state index contributed by atoms with van der Waals surface area (Å²) in [5.41, 5.74) is 5.41. The smallest absolute Gasteiger partial charge is 0.0703 e. The van der Waals surface area contributed by atoms with Crippen LogP contribution in [0.2, 0.25) is 0 Å². The molecule has 0 aromatic heterocycles. The van der Waals surface area contributed by atoms with Crippen molar-refractivity contribution in [2.24, 2.45) is 4.99 Å². The van der Waals surface area contributed by atoms with Crippen LogP contribution >= 0.6 is 0 Å². The van der Waals surface area contributed by atoms with E-state index in [1.165, 1.54) is 11.1 Å². The molecule has 90 valence electrons. The molecule has 1 heteroatoms. The first-order valence-corrected chi connectivity index (χ1v) is 6.04. The number of aliphatic imine (C=N–C) groups is 1. The average molecular weight is 235 g/mol. The summed E-state index contributed by atoms with van der Waals surface area (Å²) in [6, 6.07) is 16.4. The molecule has 2 rings (SSSR count). The Kier molecular flexibility index (Phi) is 3.73. The van der Waals surface area contributed by atoms with E-state index >= 15 is 0 Å². The van der Waals surface area contributed by atoms with E-state index in [2.05, 4.69) is 55.8 Å². The molecule has 0 atom stereocenters. The van der Waals surface area contributed by atoms with Crippen molar-refractivity contribution in [3.05, 3.63) is 77.9 Å². The van der Waals surface area contributed by atoms with Crippen LogP contribution in [-0.4, -0.2) is 5.71 Å². The van der Waals surface area contributed by atoms with Crippen molar-refractivity contribution in [2.75, 3.05) is 0 Å². The summed E-state index contributed by atoms with van der Waals surface area (Å²) < 4.78 is 0. The maximum atomic E-state index is 4.68. The number of rotatable bonds is 3. The second kappa shape index (κ2) is 5.46. The van der Waals surface area contributed by atoms with Crippen molar-refractivity contribution < 1.29 is 0 Å². The molecule has 0 heterocycles. The Morgan fingerprint density at radius 2 is 1.67 bits per heavy atom. The molecule has 0 saturated heterocycles. The van der Waals surface area contributed by atoms with Crippen LogP contribution < -0.4 is 0 Å². The van der Waals surface area contributed by atoms with E-state index < -0.39 is 0 Å². The normalized spacial score (nSPS) is 11.3. The Hall–Kier alpha value is -2.15. The molecule has 0 bridgehead atoms. The van der Waals surface area contributed by atoms with Gasteiger partial charge in [0.25, 0.3) is 0 Å². The van der Waals surface area contributed by atoms with E-state index in [1.807, 2.05) is 18.2 Å². The van der Waals surface area contributed by atoms with Crippen molar-refractivity contribution in [1.29, 1.82) is 0 Å². The minimum absolute atomic E-state index is 0.907. The number of hydrogen-bond acceptors (Lipinski definition) is 1. The average Bonchev–Trinajstić information content (AvgIpc) is 2.39. The zero-order valence-electron chi connectivity index (χ0n) is 10.9. The van der Waals surface area contributed by atoms with Crippen LogP contribution in [-0.2, 0) is 0 Å². The number of aryl methyl sites for hydroxylation is 2. The summed E-state index contributed by atoms with van der Waals surface area (Å²) >= 11 is 0. The summed E-state index contributed by atoms with van der Waals surface area (Å²) in [6.45, 7) is 8.00. The second-order valence-corrected chi connectivity index (χ2v) is 4.35. The number of nitrogens with zero attached hydrogens (tertiary/aromatic N) is 1. The molecule has 0 aliphatic rings. The predicted molar refractivity (Wildman–Crippen MR) is 78.8 cm³/mol. The fourth-order valence-corrected chi connectivity index (χ4v) is 1.77. The van der Waals surface area contributed by atoms with Crippen LogP contribution in [0.3, 0.4) is 0 Å². The van der Waals surface area contributed by atoms with Crippen molar-refractivity contribution >= 4 is 11.4 Å². The van der Waals surface area contributed by atoms with E-state index in [1.54, 1.807) is 6.08 Å². The minimum atomic E-state index is 0.907. The largest absolute Gasteiger partial charge is 0.248 e. The molecule has 0 fully saturated rings. The van der Waals surface area contributed by atoms with Gasteiger partial charge in [0.05, 0.1) is 11.4 Å². The number of para-hydroxylation sites is 1. The Bertz CT molecular complexity index is 577. The lowest BCUT2D eigenvalue weighted by Crippen LogP contribution is -1.95. The highest BCUT2D eigenvalue weighted by atomic mass is 14.7. The number of benzene rings is 2. The van der Waals surface area contributed by atoms with Gasteiger partial charge in [-0.3, -0.25) is 0 Å². The van der Waals surface area contributed by atoms with E-state index in [-0.39, 0.29) is 0 Å². The standard InChI is InChI=1S/C17H17N/c1-4-16(15-11-9-13(2)10-12-15)18-17-8-6-5-7-14(17)3/h4-12H,1H2,2-3H3. The summed E-state index contributed by atoms with van der Waals surface area (Å²) in [5, 5.41) is 0. The zero-order valence-corrected chi connectivity index (χ0v) is 10.9. The summed E-state index contributed by atoms with van der Waals surface area (Å²) in [5.74, 6) is 0. The third-order valence-corrected chi connectivity index (χ3v) is 2.90. The van der Waals surface area contributed by atoms with Gasteiger partial charge in [-0.2, -0.15) is 0 Å². The molecule has 0 radical (unpaired) electrons. The predicted octanol–water partition coefficient (Wildman–Crippen LogP) is 4.61. The zero-order chi connectivity index (χ0) is 13.0. The van der Waals surface area contributed by atoms with Gasteiger partial charge in [0.15, 0.2) is 0 Å². The molecule has 2 aromatic rings. The minimum Gasteiger partial charge on any atom is -0.248 e. The van der Waals surface area contributed by atoms with Crippen molar-refractivity contribution in [2.45, 2.75) is 13.8 Å². The third-order valence-electron chi connectivity index (χ3n) is 2.90. The number of hydrogen-bond donors (Lipinski definition) is 0. The van der Waals surface area contributed by atoms with Gasteiger partial charge in [0, 0.05) is 5.56 Å². The summed E-state index contributed by atoms with van der Waals surface area (Å²) in [4.78, 5) is 4.68. The fourth-order valence-electron chi connectivity index (χ4n) is 1.77. The first-order valence-electron chi connectivity index (χ1n) is 6.04. The highest BCUT2D eigenvalue weighted by Crippen LogP contribution is 2.19. The van der Waals surface area contributed by atoms with Gasteiger partial charge < -0.3 is 0 Å². The van der Waals surface area contributed by atoms with Gasteiger partial charge in [-0.1, -0.05) is 54.6 Å². The van der Waals surface area contributed by atoms with Crippen LogP contribution in [0.1, 0.15) is 16.7 Å². The summed E-state index contributed by atoms with van der Waals surface area (Å²) in [7, 11) is 0. The molecule has 0 saturated carbocycles. The Labute approximate surface area is 109 Å². The quantitative estimate of drug-likeness (QED) is 0.689. The van der Waals surface area contributed by atoms with Crippen LogP contribution in [0.5, 0.6) is 0 Å². The topological polar surface area (TPSA) is 12.4 Å². The molecule has 0 unspecified atom stereocenters. The monoisotopic (exact) mass is 235 g/mol. The fraction of sp³-hybridized carbons (Fsp3) is 0.118. The van der Waals surface area contributed by atoms with Gasteiger partial charge in [0.1, 0.15) is 0 Å². The van der Waals surface area contributed by atoms with E-state index in [9.17, 15) is 0 Å². The molecule has 0 spiro atoms. The second-order valence-electron chi connectivity index (χ2n) is 4.35. The van der Waals surface area contributed by atoms with Gasteiger partial charge in [-0.15, -0.1) is 0 Å². The van der Waals surface area contributed by atoms with Gasteiger partial charge in [0.2, 0.25) is 0 Å². The SMILES string of the molecule is C=CC(=Nc1ccccc1C)c1ccc(C)cc1. The Balaban J connectivity index is 2.43. The van der Waals surface area contributed by atoms with Crippen LogP contribution in [0.25, 0.3) is 0 Å². The molecule has 1 nitrogen and oxygen atoms in total. The first-order chi connectivity index (χ1) is 8.70. The third kappa shape index (κ3) is 2.75. The lowest BCUT2D eigenvalue weighted by Gasteiger charge is -2.04. The summed E-state index contributed by atoms with van der Waals surface area (Å²) in [6.07, 6.45) is 1.80. The molecule has 0 aliphatic carbocycles. The first kappa shape index (κ1) is 12.3. The van der Waals surface area contributed by atoms with Crippen LogP contribution in [0.15, 0.2) is 66.2 Å². The van der Waals surface area contributed by atoms with Gasteiger partial charge in [-0.25, -0.2) is 4.99 Å². The maximum absolute atomic E-state index is 4.68. The molecular formula is C17H17N. The van der Waals surface area contributed by atoms with Gasteiger partial charge >= 0.3 is 0 Å². The number of allylic oxidation sites excluding steroid dienone is 1. The van der Waals surface area contributed by atoms with Crippen LogP contribution in [0.4, 0.5) is 5.69 Å². The molecule has 2 aromatic carbocycles. The van der Waals surface area contributed by atoms with Gasteiger partial charge in [-0.05, 0) is 31.6 Å². The highest BCUT2D eigenvalue weighted by Gasteiger charge is 2.01. The highest BCUT2D eigenvalue weighted by molar-refractivity contribution is 6.09. The molecular weight excluding hydrogens is 218 g/mol. The van der Waals surface area contributed by atoms with Crippen molar-refractivity contribution in [3.8, 4) is 0 Å². The molecule has 0 amide bonds. The molecule has 0 N–H and O–H groups in total. The lowest BCUT2D eigenvalue weighted by atomic mass is 10.1. The Morgan fingerprint density at radius 3 is 2.28 bits per heavy atom. The van der Waals surface area contributed by atoms with E-state index in [0.29, 0.717) is 0 Å². The van der Waals surface area contributed by atoms with Crippen molar-refractivity contribution in [1.82, 2.24) is 0 Å². The van der Waals surface area contributed by atoms with E-state index in [0.717, 1.165) is 17.0 Å². The molecule has 0 aliphatic heterocycles. The van der Waals surface area contributed by atoms with Crippen molar-refractivity contribution in [3.63, 3.8) is 0 Å². The Morgan fingerprint density at radius 1 is 1.00 bits per heavy atom. The maximum Gasteiger partial charge on any atom is 0.0703 e. The van der Waals surface area contributed by atoms with Crippen LogP contribution in [0, 0.1) is 13.8 Å². The lowest BCUT2D eigenvalue weighted by molar-refractivity contribution is 1.39. The van der Waals surface area contributed by atoms with E-state index in [4.69, 9.17) is 0 Å².